The Morgan fingerprint density at radius 1 is 1.22 bits per heavy atom. The fourth-order valence-electron chi connectivity index (χ4n) is 2.39. The van der Waals surface area contributed by atoms with Gasteiger partial charge in [-0.15, -0.1) is 0 Å². The van der Waals surface area contributed by atoms with Crippen LogP contribution in [0, 0.1) is 5.82 Å². The van der Waals surface area contributed by atoms with E-state index in [0.717, 1.165) is 20.9 Å². The molecule has 1 aromatic carbocycles. The summed E-state index contributed by atoms with van der Waals surface area (Å²) < 4.78 is 20.4. The van der Waals surface area contributed by atoms with Crippen molar-refractivity contribution in [2.45, 2.75) is 5.22 Å². The second kappa shape index (κ2) is 7.23. The molecule has 0 aliphatic rings. The van der Waals surface area contributed by atoms with Gasteiger partial charge in [0.2, 0.25) is 0 Å². The van der Waals surface area contributed by atoms with Crippen molar-refractivity contribution >= 4 is 23.4 Å². The number of aromatic nitrogens is 3. The number of hydrogen-bond acceptors (Lipinski definition) is 7. The second-order valence-corrected chi connectivity index (χ2v) is 6.60. The summed E-state index contributed by atoms with van der Waals surface area (Å²) in [4.78, 5) is 40.5. The smallest absolute Gasteiger partial charge is 0.332 e. The highest BCUT2D eigenvalue weighted by Crippen LogP contribution is 2.26. The normalized spacial score (nSPS) is 10.9. The molecule has 0 bridgehead atoms. The Hall–Kier alpha value is -3.14. The van der Waals surface area contributed by atoms with Crippen LogP contribution in [-0.2, 0) is 14.1 Å². The molecule has 8 nitrogen and oxygen atoms in total. The number of hydrogen-bond donors (Lipinski definition) is 1. The molecule has 27 heavy (non-hydrogen) atoms. The van der Waals surface area contributed by atoms with Crippen LogP contribution >= 0.6 is 11.8 Å². The van der Waals surface area contributed by atoms with Crippen LogP contribution in [0.25, 0.3) is 11.3 Å². The summed E-state index contributed by atoms with van der Waals surface area (Å²) in [7, 11) is 2.65. The van der Waals surface area contributed by atoms with Crippen LogP contribution in [0.4, 0.5) is 10.2 Å². The molecule has 0 atom stereocenters. The SMILES string of the molecule is Cn1c(N)c(C(=O)CSc2ncc(-c3ccc(F)cc3)o2)c(=O)n(C)c1=O. The fourth-order valence-corrected chi connectivity index (χ4v) is 3.07. The molecule has 0 radical (unpaired) electrons. The number of halogens is 1. The zero-order valence-corrected chi connectivity index (χ0v) is 15.2. The van der Waals surface area contributed by atoms with E-state index in [-0.39, 0.29) is 28.2 Å². The third kappa shape index (κ3) is 3.56. The molecule has 0 amide bonds. The van der Waals surface area contributed by atoms with E-state index >= 15 is 0 Å². The zero-order chi connectivity index (χ0) is 19.7. The monoisotopic (exact) mass is 390 g/mol. The average Bonchev–Trinajstić information content (AvgIpc) is 3.13. The van der Waals surface area contributed by atoms with E-state index < -0.39 is 17.0 Å². The first-order valence-electron chi connectivity index (χ1n) is 7.73. The Morgan fingerprint density at radius 3 is 2.56 bits per heavy atom. The molecule has 3 rings (SSSR count). The number of Topliss-reactive ketones (excluding diaryl/α,β-unsaturated/α-hetero) is 1. The van der Waals surface area contributed by atoms with Gasteiger partial charge < -0.3 is 10.2 Å². The third-order valence-corrected chi connectivity index (χ3v) is 4.77. The van der Waals surface area contributed by atoms with Crippen LogP contribution in [-0.4, -0.2) is 25.7 Å². The molecular formula is C17H15FN4O4S. The molecule has 0 saturated heterocycles. The maximum absolute atomic E-state index is 13.0. The summed E-state index contributed by atoms with van der Waals surface area (Å²) in [6.07, 6.45) is 1.46. The van der Waals surface area contributed by atoms with Crippen molar-refractivity contribution in [2.24, 2.45) is 14.1 Å². The van der Waals surface area contributed by atoms with E-state index in [2.05, 4.69) is 4.98 Å². The number of carbonyl (C=O) groups excluding carboxylic acids is 1. The Bertz CT molecular complexity index is 1130. The van der Waals surface area contributed by atoms with Crippen LogP contribution in [0.2, 0.25) is 0 Å². The summed E-state index contributed by atoms with van der Waals surface area (Å²) in [5.41, 5.74) is 4.79. The molecule has 0 saturated carbocycles. The average molecular weight is 390 g/mol. The lowest BCUT2D eigenvalue weighted by Gasteiger charge is -2.10. The minimum absolute atomic E-state index is 0.152. The number of oxazole rings is 1. The van der Waals surface area contributed by atoms with E-state index in [1.165, 1.54) is 32.4 Å². The van der Waals surface area contributed by atoms with Crippen molar-refractivity contribution in [3.63, 3.8) is 0 Å². The molecule has 2 heterocycles. The molecule has 3 aromatic rings. The number of benzene rings is 1. The van der Waals surface area contributed by atoms with E-state index in [4.69, 9.17) is 10.2 Å². The highest BCUT2D eigenvalue weighted by atomic mass is 32.2. The second-order valence-electron chi connectivity index (χ2n) is 5.68. The molecule has 2 aromatic heterocycles. The largest absolute Gasteiger partial charge is 0.431 e. The first-order chi connectivity index (χ1) is 12.8. The lowest BCUT2D eigenvalue weighted by atomic mass is 10.2. The Labute approximate surface area is 156 Å². The Balaban J connectivity index is 1.79. The number of thioether (sulfide) groups is 1. The lowest BCUT2D eigenvalue weighted by Crippen LogP contribution is -2.41. The molecule has 0 fully saturated rings. The van der Waals surface area contributed by atoms with Gasteiger partial charge in [-0.2, -0.15) is 0 Å². The molecule has 0 aliphatic heterocycles. The van der Waals surface area contributed by atoms with Gasteiger partial charge in [-0.05, 0) is 24.3 Å². The van der Waals surface area contributed by atoms with Gasteiger partial charge in [0, 0.05) is 19.7 Å². The first-order valence-corrected chi connectivity index (χ1v) is 8.71. The minimum Gasteiger partial charge on any atom is -0.431 e. The summed E-state index contributed by atoms with van der Waals surface area (Å²) >= 11 is 0.983. The van der Waals surface area contributed by atoms with Gasteiger partial charge in [-0.1, -0.05) is 11.8 Å². The van der Waals surface area contributed by atoms with Gasteiger partial charge in [0.1, 0.15) is 17.2 Å². The Morgan fingerprint density at radius 2 is 1.89 bits per heavy atom. The number of nitrogens with two attached hydrogens (primary N) is 1. The van der Waals surface area contributed by atoms with Crippen LogP contribution in [0.1, 0.15) is 10.4 Å². The van der Waals surface area contributed by atoms with Crippen LogP contribution in [0.3, 0.4) is 0 Å². The summed E-state index contributed by atoms with van der Waals surface area (Å²) in [6, 6.07) is 5.69. The van der Waals surface area contributed by atoms with Crippen molar-refractivity contribution < 1.29 is 13.6 Å². The number of nitrogen functional groups attached to an aromatic ring is 1. The highest BCUT2D eigenvalue weighted by molar-refractivity contribution is 7.99. The van der Waals surface area contributed by atoms with E-state index in [1.54, 1.807) is 12.1 Å². The molecule has 0 spiro atoms. The topological polar surface area (TPSA) is 113 Å². The van der Waals surface area contributed by atoms with Crippen molar-refractivity contribution in [3.05, 3.63) is 62.7 Å². The van der Waals surface area contributed by atoms with E-state index in [9.17, 15) is 18.8 Å². The summed E-state index contributed by atoms with van der Waals surface area (Å²) in [5.74, 6) is -0.832. The van der Waals surface area contributed by atoms with Gasteiger partial charge in [0.05, 0.1) is 11.9 Å². The molecule has 2 N–H and O–H groups in total. The number of nitrogens with zero attached hydrogens (tertiary/aromatic N) is 3. The summed E-state index contributed by atoms with van der Waals surface area (Å²) in [6.45, 7) is 0. The van der Waals surface area contributed by atoms with Crippen LogP contribution in [0.5, 0.6) is 0 Å². The van der Waals surface area contributed by atoms with Crippen molar-refractivity contribution in [1.29, 1.82) is 0 Å². The maximum atomic E-state index is 13.0. The van der Waals surface area contributed by atoms with E-state index in [0.29, 0.717) is 11.3 Å². The van der Waals surface area contributed by atoms with Gasteiger partial charge >= 0.3 is 5.69 Å². The van der Waals surface area contributed by atoms with Crippen molar-refractivity contribution in [2.75, 3.05) is 11.5 Å². The number of carbonyl (C=O) groups is 1. The molecule has 0 aliphatic carbocycles. The number of ketones is 1. The minimum atomic E-state index is -0.749. The van der Waals surface area contributed by atoms with Crippen LogP contribution in [0.15, 0.2) is 49.7 Å². The molecule has 10 heteroatoms. The zero-order valence-electron chi connectivity index (χ0n) is 14.4. The number of rotatable bonds is 5. The number of anilines is 1. The Kier molecular flexibility index (Phi) is 5.00. The van der Waals surface area contributed by atoms with Crippen molar-refractivity contribution in [1.82, 2.24) is 14.1 Å². The van der Waals surface area contributed by atoms with E-state index in [1.807, 2.05) is 0 Å². The van der Waals surface area contributed by atoms with Crippen LogP contribution < -0.4 is 17.0 Å². The standard InChI is InChI=1S/C17H15FN4O4S/c1-21-14(19)13(15(24)22(2)17(21)25)11(23)8-27-16-20-7-12(26-16)9-3-5-10(18)6-4-9/h3-7H,8,19H2,1-2H3. The van der Waals surface area contributed by atoms with Gasteiger partial charge in [-0.3, -0.25) is 18.7 Å². The highest BCUT2D eigenvalue weighted by Gasteiger charge is 2.21. The van der Waals surface area contributed by atoms with Gasteiger partial charge in [0.25, 0.3) is 10.8 Å². The molecule has 0 unspecified atom stereocenters. The third-order valence-electron chi connectivity index (χ3n) is 3.93. The molecular weight excluding hydrogens is 375 g/mol. The predicted molar refractivity (Wildman–Crippen MR) is 98.3 cm³/mol. The van der Waals surface area contributed by atoms with Crippen molar-refractivity contribution in [3.8, 4) is 11.3 Å². The first kappa shape index (κ1) is 18.6. The predicted octanol–water partition coefficient (Wildman–Crippen LogP) is 1.44. The maximum Gasteiger partial charge on any atom is 0.332 e. The molecule has 140 valence electrons. The van der Waals surface area contributed by atoms with Gasteiger partial charge in [0.15, 0.2) is 11.5 Å². The van der Waals surface area contributed by atoms with Gasteiger partial charge in [-0.25, -0.2) is 14.2 Å². The summed E-state index contributed by atoms with van der Waals surface area (Å²) in [5, 5.41) is 0.211. The lowest BCUT2D eigenvalue weighted by molar-refractivity contribution is 0.102. The quantitative estimate of drug-likeness (QED) is 0.518. The fraction of sp³-hybridized carbons (Fsp3) is 0.176.